The van der Waals surface area contributed by atoms with Gasteiger partial charge in [0.2, 0.25) is 9.84 Å². The summed E-state index contributed by atoms with van der Waals surface area (Å²) in [6, 6.07) is 17.2. The fourth-order valence-electron chi connectivity index (χ4n) is 2.51. The molecule has 0 bridgehead atoms. The van der Waals surface area contributed by atoms with Crippen LogP contribution in [0.5, 0.6) is 0 Å². The van der Waals surface area contributed by atoms with Crippen LogP contribution in [0.2, 0.25) is 0 Å². The molecule has 3 rings (SSSR count). The van der Waals surface area contributed by atoms with Gasteiger partial charge in [0.15, 0.2) is 0 Å². The number of nitrogens with two attached hydrogens (primary N) is 1. The molecule has 1 heterocycles. The molecule has 2 aromatic carbocycles. The van der Waals surface area contributed by atoms with E-state index < -0.39 is 15.9 Å². The molecule has 7 heteroatoms. The van der Waals surface area contributed by atoms with Crippen LogP contribution in [0.3, 0.4) is 0 Å². The maximum absolute atomic E-state index is 12.6. The summed E-state index contributed by atoms with van der Waals surface area (Å²) in [4.78, 5) is 17.6. The van der Waals surface area contributed by atoms with Gasteiger partial charge in [0.05, 0.1) is 16.3 Å². The number of urea groups is 1. The second-order valence-corrected chi connectivity index (χ2v) is 7.55. The van der Waals surface area contributed by atoms with Gasteiger partial charge in [-0.25, -0.2) is 13.2 Å². The number of primary amides is 1. The Morgan fingerprint density at radius 2 is 1.58 bits per heavy atom. The van der Waals surface area contributed by atoms with E-state index >= 15 is 0 Å². The molecular formula is C19H17N3O3S. The Morgan fingerprint density at radius 1 is 0.923 bits per heavy atom. The summed E-state index contributed by atoms with van der Waals surface area (Å²) in [5.74, 6) is 0. The number of anilines is 1. The minimum Gasteiger partial charge on any atom is -0.351 e. The number of aromatic nitrogens is 1. The molecule has 2 N–H and O–H groups in total. The van der Waals surface area contributed by atoms with E-state index in [2.05, 4.69) is 4.98 Å². The number of pyridine rings is 1. The molecule has 0 spiro atoms. The Bertz CT molecular complexity index is 989. The average molecular weight is 367 g/mol. The molecule has 0 aliphatic heterocycles. The molecule has 132 valence electrons. The van der Waals surface area contributed by atoms with Gasteiger partial charge >= 0.3 is 6.03 Å². The Morgan fingerprint density at radius 3 is 2.15 bits per heavy atom. The van der Waals surface area contributed by atoms with Crippen LogP contribution in [0.15, 0.2) is 88.9 Å². The first kappa shape index (κ1) is 17.6. The molecule has 3 aromatic rings. The van der Waals surface area contributed by atoms with E-state index in [0.29, 0.717) is 5.69 Å². The van der Waals surface area contributed by atoms with Crippen molar-refractivity contribution >= 4 is 21.6 Å². The van der Waals surface area contributed by atoms with Gasteiger partial charge < -0.3 is 5.73 Å². The molecule has 0 saturated carbocycles. The van der Waals surface area contributed by atoms with E-state index in [1.54, 1.807) is 60.9 Å². The Balaban J connectivity index is 1.89. The second-order valence-electron chi connectivity index (χ2n) is 5.60. The smallest absolute Gasteiger partial charge is 0.319 e. The van der Waals surface area contributed by atoms with E-state index in [9.17, 15) is 13.2 Å². The predicted molar refractivity (Wildman–Crippen MR) is 98.3 cm³/mol. The van der Waals surface area contributed by atoms with Crippen LogP contribution in [-0.4, -0.2) is 19.4 Å². The summed E-state index contributed by atoms with van der Waals surface area (Å²) >= 11 is 0. The van der Waals surface area contributed by atoms with Crippen LogP contribution in [0, 0.1) is 0 Å². The van der Waals surface area contributed by atoms with Gasteiger partial charge in [0, 0.05) is 18.1 Å². The predicted octanol–water partition coefficient (Wildman–Crippen LogP) is 3.00. The summed E-state index contributed by atoms with van der Waals surface area (Å²) in [6.45, 7) is 0.244. The SMILES string of the molecule is NC(=O)N(Cc1cccnc1)c1ccc(S(=O)(=O)c2ccccc2)cc1. The van der Waals surface area contributed by atoms with Gasteiger partial charge in [-0.05, 0) is 48.0 Å². The Kier molecular flexibility index (Phi) is 4.99. The fraction of sp³-hybridized carbons (Fsp3) is 0.0526. The van der Waals surface area contributed by atoms with E-state index in [1.165, 1.54) is 17.0 Å². The third kappa shape index (κ3) is 3.73. The van der Waals surface area contributed by atoms with E-state index in [0.717, 1.165) is 5.56 Å². The topological polar surface area (TPSA) is 93.4 Å². The van der Waals surface area contributed by atoms with Gasteiger partial charge in [-0.2, -0.15) is 0 Å². The molecule has 0 atom stereocenters. The van der Waals surface area contributed by atoms with Crippen molar-refractivity contribution in [3.8, 4) is 0 Å². The lowest BCUT2D eigenvalue weighted by atomic mass is 10.2. The molecular weight excluding hydrogens is 350 g/mol. The minimum absolute atomic E-state index is 0.151. The molecule has 26 heavy (non-hydrogen) atoms. The zero-order valence-electron chi connectivity index (χ0n) is 13.8. The first-order valence-electron chi connectivity index (χ1n) is 7.84. The monoisotopic (exact) mass is 367 g/mol. The van der Waals surface area contributed by atoms with Crippen LogP contribution >= 0.6 is 0 Å². The Labute approximate surface area is 151 Å². The van der Waals surface area contributed by atoms with Crippen LogP contribution in [0.1, 0.15) is 5.56 Å². The number of carbonyl (C=O) groups is 1. The van der Waals surface area contributed by atoms with Crippen molar-refractivity contribution < 1.29 is 13.2 Å². The summed E-state index contributed by atoms with van der Waals surface area (Å²) in [5, 5.41) is 0. The van der Waals surface area contributed by atoms with Gasteiger partial charge in [0.25, 0.3) is 0 Å². The zero-order chi connectivity index (χ0) is 18.6. The lowest BCUT2D eigenvalue weighted by Crippen LogP contribution is -2.35. The number of hydrogen-bond donors (Lipinski definition) is 1. The standard InChI is InChI=1S/C19H17N3O3S/c20-19(23)22(14-15-5-4-12-21-13-15)16-8-10-18(11-9-16)26(24,25)17-6-2-1-3-7-17/h1-13H,14H2,(H2,20,23). The third-order valence-corrected chi connectivity index (χ3v) is 5.63. The zero-order valence-corrected chi connectivity index (χ0v) is 14.6. The highest BCUT2D eigenvalue weighted by atomic mass is 32.2. The second kappa shape index (κ2) is 7.37. The number of benzene rings is 2. The van der Waals surface area contributed by atoms with Crippen molar-refractivity contribution in [1.82, 2.24) is 4.98 Å². The maximum Gasteiger partial charge on any atom is 0.319 e. The van der Waals surface area contributed by atoms with Crippen LogP contribution in [0.25, 0.3) is 0 Å². The average Bonchev–Trinajstić information content (AvgIpc) is 2.67. The lowest BCUT2D eigenvalue weighted by molar-refractivity contribution is 0.253. The van der Waals surface area contributed by atoms with Crippen LogP contribution in [-0.2, 0) is 16.4 Å². The fourth-order valence-corrected chi connectivity index (χ4v) is 3.79. The molecule has 1 aromatic heterocycles. The van der Waals surface area contributed by atoms with Crippen molar-refractivity contribution in [2.75, 3.05) is 4.90 Å². The number of hydrogen-bond acceptors (Lipinski definition) is 4. The molecule has 6 nitrogen and oxygen atoms in total. The molecule has 0 aliphatic rings. The number of carbonyl (C=O) groups excluding carboxylic acids is 1. The quantitative estimate of drug-likeness (QED) is 0.750. The minimum atomic E-state index is -3.61. The van der Waals surface area contributed by atoms with Crippen molar-refractivity contribution in [2.45, 2.75) is 16.3 Å². The van der Waals surface area contributed by atoms with Crippen LogP contribution in [0.4, 0.5) is 10.5 Å². The number of sulfone groups is 1. The third-order valence-electron chi connectivity index (χ3n) is 3.84. The highest BCUT2D eigenvalue weighted by Gasteiger charge is 2.19. The first-order chi connectivity index (χ1) is 12.5. The van der Waals surface area contributed by atoms with Crippen molar-refractivity contribution in [3.05, 3.63) is 84.7 Å². The van der Waals surface area contributed by atoms with E-state index in [4.69, 9.17) is 5.73 Å². The summed E-state index contributed by atoms with van der Waals surface area (Å²) in [5.41, 5.74) is 6.80. The number of amides is 2. The highest BCUT2D eigenvalue weighted by molar-refractivity contribution is 7.91. The first-order valence-corrected chi connectivity index (χ1v) is 9.33. The van der Waals surface area contributed by atoms with Gasteiger partial charge in [-0.15, -0.1) is 0 Å². The molecule has 0 fully saturated rings. The van der Waals surface area contributed by atoms with Crippen molar-refractivity contribution in [1.29, 1.82) is 0 Å². The summed E-state index contributed by atoms with van der Waals surface area (Å²) in [6.07, 6.45) is 3.28. The van der Waals surface area contributed by atoms with Gasteiger partial charge in [-0.3, -0.25) is 9.88 Å². The molecule has 0 unspecified atom stereocenters. The molecule has 0 radical (unpaired) electrons. The molecule has 0 saturated heterocycles. The maximum atomic E-state index is 12.6. The van der Waals surface area contributed by atoms with E-state index in [1.807, 2.05) is 6.07 Å². The Hall–Kier alpha value is -3.19. The molecule has 2 amide bonds. The normalized spacial score (nSPS) is 11.1. The summed E-state index contributed by atoms with van der Waals surface area (Å²) in [7, 11) is -3.61. The van der Waals surface area contributed by atoms with Crippen molar-refractivity contribution in [3.63, 3.8) is 0 Å². The van der Waals surface area contributed by atoms with Crippen LogP contribution < -0.4 is 10.6 Å². The summed E-state index contributed by atoms with van der Waals surface area (Å²) < 4.78 is 25.3. The highest BCUT2D eigenvalue weighted by Crippen LogP contribution is 2.24. The van der Waals surface area contributed by atoms with Gasteiger partial charge in [0.1, 0.15) is 0 Å². The largest absolute Gasteiger partial charge is 0.351 e. The number of nitrogens with zero attached hydrogens (tertiary/aromatic N) is 2. The van der Waals surface area contributed by atoms with E-state index in [-0.39, 0.29) is 16.3 Å². The lowest BCUT2D eigenvalue weighted by Gasteiger charge is -2.20. The van der Waals surface area contributed by atoms with Gasteiger partial charge in [-0.1, -0.05) is 24.3 Å². The number of rotatable bonds is 5. The molecule has 0 aliphatic carbocycles. The van der Waals surface area contributed by atoms with Crippen molar-refractivity contribution in [2.24, 2.45) is 5.73 Å².